The molecule has 0 aliphatic carbocycles. The standard InChI is InChI=1S/C27H31N3O2/c1-5-18(3)20-10-14-22(15-11-20)28-26(31)24-8-7-9-25(30-24)27(32)29-23-16-12-21(13-17-23)19(4)6-2/h7-19H,5-6H2,1-4H3,(H,28,31)(H,29,32)/t18-,19-/m1/s1. The van der Waals surface area contributed by atoms with Crippen LogP contribution in [0.4, 0.5) is 11.4 Å². The minimum Gasteiger partial charge on any atom is -0.321 e. The van der Waals surface area contributed by atoms with E-state index in [9.17, 15) is 9.59 Å². The van der Waals surface area contributed by atoms with Crippen LogP contribution in [0, 0.1) is 0 Å². The largest absolute Gasteiger partial charge is 0.321 e. The number of nitrogens with one attached hydrogen (secondary N) is 2. The average molecular weight is 430 g/mol. The number of carbonyl (C=O) groups excluding carboxylic acids is 2. The normalized spacial score (nSPS) is 12.6. The summed E-state index contributed by atoms with van der Waals surface area (Å²) in [6, 6.07) is 20.5. The van der Waals surface area contributed by atoms with E-state index >= 15 is 0 Å². The van der Waals surface area contributed by atoms with E-state index in [4.69, 9.17) is 0 Å². The van der Waals surface area contributed by atoms with Gasteiger partial charge in [-0.15, -0.1) is 0 Å². The molecule has 2 amide bonds. The molecule has 166 valence electrons. The predicted octanol–water partition coefficient (Wildman–Crippen LogP) is 6.61. The summed E-state index contributed by atoms with van der Waals surface area (Å²) < 4.78 is 0. The van der Waals surface area contributed by atoms with Gasteiger partial charge in [0.2, 0.25) is 0 Å². The monoisotopic (exact) mass is 429 g/mol. The molecule has 2 aromatic carbocycles. The SMILES string of the molecule is CC[C@@H](C)c1ccc(NC(=O)c2cccc(C(=O)Nc3ccc([C@H](C)CC)cc3)n2)cc1. The molecule has 1 heterocycles. The fraction of sp³-hybridized carbons (Fsp3) is 0.296. The molecular weight excluding hydrogens is 398 g/mol. The molecule has 2 N–H and O–H groups in total. The Bertz CT molecular complexity index is 976. The Labute approximate surface area is 190 Å². The first-order valence-electron chi connectivity index (χ1n) is 11.2. The van der Waals surface area contributed by atoms with Crippen molar-refractivity contribution >= 4 is 23.2 Å². The molecule has 5 nitrogen and oxygen atoms in total. The lowest BCUT2D eigenvalue weighted by atomic mass is 9.98. The van der Waals surface area contributed by atoms with E-state index in [-0.39, 0.29) is 23.2 Å². The lowest BCUT2D eigenvalue weighted by Gasteiger charge is -2.11. The summed E-state index contributed by atoms with van der Waals surface area (Å²) in [4.78, 5) is 29.6. The van der Waals surface area contributed by atoms with Gasteiger partial charge in [-0.05, 0) is 72.2 Å². The van der Waals surface area contributed by atoms with Crippen LogP contribution in [0.1, 0.15) is 84.5 Å². The summed E-state index contributed by atoms with van der Waals surface area (Å²) in [5.41, 5.74) is 4.24. The van der Waals surface area contributed by atoms with E-state index in [0.717, 1.165) is 12.8 Å². The summed E-state index contributed by atoms with van der Waals surface area (Å²) >= 11 is 0. The third-order valence-corrected chi connectivity index (χ3v) is 5.91. The van der Waals surface area contributed by atoms with Crippen molar-refractivity contribution < 1.29 is 9.59 Å². The van der Waals surface area contributed by atoms with Crippen LogP contribution in [-0.2, 0) is 0 Å². The van der Waals surface area contributed by atoms with Crippen LogP contribution in [0.5, 0.6) is 0 Å². The summed E-state index contributed by atoms with van der Waals surface area (Å²) in [5.74, 6) is 0.244. The maximum atomic E-state index is 12.6. The first-order chi connectivity index (χ1) is 15.4. The zero-order valence-corrected chi connectivity index (χ0v) is 19.2. The number of rotatable bonds is 8. The Balaban J connectivity index is 1.66. The molecule has 0 aliphatic rings. The van der Waals surface area contributed by atoms with E-state index in [1.807, 2.05) is 48.5 Å². The van der Waals surface area contributed by atoms with Gasteiger partial charge < -0.3 is 10.6 Å². The number of nitrogens with zero attached hydrogens (tertiary/aromatic N) is 1. The highest BCUT2D eigenvalue weighted by Gasteiger charge is 2.14. The van der Waals surface area contributed by atoms with Gasteiger partial charge in [-0.1, -0.05) is 58.0 Å². The van der Waals surface area contributed by atoms with Crippen molar-refractivity contribution in [1.29, 1.82) is 0 Å². The lowest BCUT2D eigenvalue weighted by molar-refractivity contribution is 0.101. The van der Waals surface area contributed by atoms with Crippen LogP contribution in [-0.4, -0.2) is 16.8 Å². The van der Waals surface area contributed by atoms with Crippen molar-refractivity contribution in [2.24, 2.45) is 0 Å². The number of hydrogen-bond acceptors (Lipinski definition) is 3. The number of anilines is 2. The number of aromatic nitrogens is 1. The van der Waals surface area contributed by atoms with Crippen molar-refractivity contribution in [1.82, 2.24) is 4.98 Å². The summed E-state index contributed by atoms with van der Waals surface area (Å²) in [7, 11) is 0. The third kappa shape index (κ3) is 5.82. The van der Waals surface area contributed by atoms with Crippen molar-refractivity contribution in [2.75, 3.05) is 10.6 Å². The van der Waals surface area contributed by atoms with Gasteiger partial charge in [0.05, 0.1) is 0 Å². The minimum absolute atomic E-state index is 0.191. The van der Waals surface area contributed by atoms with E-state index < -0.39 is 0 Å². The highest BCUT2D eigenvalue weighted by atomic mass is 16.2. The van der Waals surface area contributed by atoms with Crippen molar-refractivity contribution in [2.45, 2.75) is 52.4 Å². The summed E-state index contributed by atoms with van der Waals surface area (Å²) in [5, 5.41) is 5.69. The highest BCUT2D eigenvalue weighted by Crippen LogP contribution is 2.22. The summed E-state index contributed by atoms with van der Waals surface area (Å²) in [6.45, 7) is 8.65. The first kappa shape index (κ1) is 23.2. The molecule has 2 atom stereocenters. The third-order valence-electron chi connectivity index (χ3n) is 5.91. The van der Waals surface area contributed by atoms with E-state index in [2.05, 4.69) is 43.3 Å². The second-order valence-corrected chi connectivity index (χ2v) is 8.18. The number of carbonyl (C=O) groups is 2. The van der Waals surface area contributed by atoms with Gasteiger partial charge in [0.1, 0.15) is 11.4 Å². The van der Waals surface area contributed by atoms with Gasteiger partial charge in [-0.25, -0.2) is 4.98 Å². The van der Waals surface area contributed by atoms with Crippen LogP contribution < -0.4 is 10.6 Å². The van der Waals surface area contributed by atoms with Crippen molar-refractivity contribution in [3.63, 3.8) is 0 Å². The van der Waals surface area contributed by atoms with Gasteiger partial charge >= 0.3 is 0 Å². The van der Waals surface area contributed by atoms with E-state index in [0.29, 0.717) is 23.2 Å². The molecule has 0 fully saturated rings. The smallest absolute Gasteiger partial charge is 0.274 e. The van der Waals surface area contributed by atoms with Crippen molar-refractivity contribution in [3.8, 4) is 0 Å². The molecule has 0 saturated carbocycles. The number of benzene rings is 2. The van der Waals surface area contributed by atoms with E-state index in [1.165, 1.54) is 11.1 Å². The Morgan fingerprint density at radius 2 is 1.06 bits per heavy atom. The molecule has 0 bridgehead atoms. The zero-order chi connectivity index (χ0) is 23.1. The van der Waals surface area contributed by atoms with Gasteiger partial charge in [0, 0.05) is 11.4 Å². The Kier molecular flexibility index (Phi) is 7.77. The second-order valence-electron chi connectivity index (χ2n) is 8.18. The second kappa shape index (κ2) is 10.7. The number of amides is 2. The Morgan fingerprint density at radius 3 is 1.41 bits per heavy atom. The van der Waals surface area contributed by atoms with Crippen LogP contribution in [0.2, 0.25) is 0 Å². The molecular formula is C27H31N3O2. The molecule has 1 aromatic heterocycles. The van der Waals surface area contributed by atoms with Crippen LogP contribution >= 0.6 is 0 Å². The summed E-state index contributed by atoms with van der Waals surface area (Å²) in [6.07, 6.45) is 2.12. The average Bonchev–Trinajstić information content (AvgIpc) is 2.84. The van der Waals surface area contributed by atoms with Gasteiger partial charge in [0.25, 0.3) is 11.8 Å². The Morgan fingerprint density at radius 1 is 0.688 bits per heavy atom. The van der Waals surface area contributed by atoms with E-state index in [1.54, 1.807) is 18.2 Å². The molecule has 0 aliphatic heterocycles. The first-order valence-corrected chi connectivity index (χ1v) is 11.2. The van der Waals surface area contributed by atoms with Crippen LogP contribution in [0.15, 0.2) is 66.7 Å². The van der Waals surface area contributed by atoms with Gasteiger partial charge in [-0.3, -0.25) is 9.59 Å². The zero-order valence-electron chi connectivity index (χ0n) is 19.2. The molecule has 0 saturated heterocycles. The molecule has 0 spiro atoms. The molecule has 3 aromatic rings. The quantitative estimate of drug-likeness (QED) is 0.423. The lowest BCUT2D eigenvalue weighted by Crippen LogP contribution is -2.18. The van der Waals surface area contributed by atoms with Crippen LogP contribution in [0.3, 0.4) is 0 Å². The van der Waals surface area contributed by atoms with Crippen LogP contribution in [0.25, 0.3) is 0 Å². The molecule has 32 heavy (non-hydrogen) atoms. The topological polar surface area (TPSA) is 71.1 Å². The van der Waals surface area contributed by atoms with Crippen molar-refractivity contribution in [3.05, 3.63) is 89.2 Å². The maximum absolute atomic E-state index is 12.6. The fourth-order valence-corrected chi connectivity index (χ4v) is 3.34. The fourth-order valence-electron chi connectivity index (χ4n) is 3.34. The molecule has 3 rings (SSSR count). The molecule has 5 heteroatoms. The van der Waals surface area contributed by atoms with Gasteiger partial charge in [-0.2, -0.15) is 0 Å². The molecule has 0 radical (unpaired) electrons. The van der Waals surface area contributed by atoms with Gasteiger partial charge in [0.15, 0.2) is 0 Å². The predicted molar refractivity (Wildman–Crippen MR) is 130 cm³/mol. The molecule has 0 unspecified atom stereocenters. The Hall–Kier alpha value is -3.47. The maximum Gasteiger partial charge on any atom is 0.274 e. The number of hydrogen-bond donors (Lipinski definition) is 2. The number of pyridine rings is 1. The highest BCUT2D eigenvalue weighted by molar-refractivity contribution is 6.06. The minimum atomic E-state index is -0.353.